The van der Waals surface area contributed by atoms with E-state index in [1.807, 2.05) is 24.1 Å². The molecule has 1 aromatic heterocycles. The number of nitrogens with zero attached hydrogens (tertiary/aromatic N) is 2. The van der Waals surface area contributed by atoms with Crippen molar-refractivity contribution in [1.82, 2.24) is 9.88 Å². The predicted molar refractivity (Wildman–Crippen MR) is 79.1 cm³/mol. The van der Waals surface area contributed by atoms with Gasteiger partial charge in [0, 0.05) is 37.8 Å². The molecule has 0 aliphatic rings. The van der Waals surface area contributed by atoms with Crippen LogP contribution in [0.5, 0.6) is 0 Å². The molecule has 1 rings (SSSR count). The third kappa shape index (κ3) is 7.12. The molecule has 0 aliphatic carbocycles. The summed E-state index contributed by atoms with van der Waals surface area (Å²) in [5, 5.41) is 3.31. The Morgan fingerprint density at radius 2 is 2.16 bits per heavy atom. The SMILES string of the molecule is CCCNc1ccnc(CN(C)CCS(C)(=O)=O)c1. The van der Waals surface area contributed by atoms with E-state index in [1.54, 1.807) is 6.20 Å². The van der Waals surface area contributed by atoms with Gasteiger partial charge in [0.25, 0.3) is 0 Å². The summed E-state index contributed by atoms with van der Waals surface area (Å²) in [5.74, 6) is 0.178. The van der Waals surface area contributed by atoms with Gasteiger partial charge in [-0.05, 0) is 25.6 Å². The van der Waals surface area contributed by atoms with E-state index < -0.39 is 9.84 Å². The van der Waals surface area contributed by atoms with Crippen molar-refractivity contribution in [3.05, 3.63) is 24.0 Å². The molecule has 19 heavy (non-hydrogen) atoms. The van der Waals surface area contributed by atoms with Crippen LogP contribution in [0, 0.1) is 0 Å². The fourth-order valence-electron chi connectivity index (χ4n) is 1.62. The first kappa shape index (κ1) is 15.9. The largest absolute Gasteiger partial charge is 0.385 e. The Hall–Kier alpha value is -1.14. The van der Waals surface area contributed by atoms with Crippen molar-refractivity contribution in [3.8, 4) is 0 Å². The first-order chi connectivity index (χ1) is 8.90. The van der Waals surface area contributed by atoms with Crippen LogP contribution in [0.15, 0.2) is 18.3 Å². The number of anilines is 1. The lowest BCUT2D eigenvalue weighted by Gasteiger charge is -2.16. The standard InChI is InChI=1S/C13H23N3O2S/c1-4-6-14-12-5-7-15-13(10-12)11-16(2)8-9-19(3,17)18/h5,7,10H,4,6,8-9,11H2,1-3H3,(H,14,15). The first-order valence-electron chi connectivity index (χ1n) is 6.46. The summed E-state index contributed by atoms with van der Waals surface area (Å²) < 4.78 is 22.2. The molecule has 1 heterocycles. The summed E-state index contributed by atoms with van der Waals surface area (Å²) in [6, 6.07) is 3.95. The van der Waals surface area contributed by atoms with Gasteiger partial charge < -0.3 is 5.32 Å². The average Bonchev–Trinajstić information content (AvgIpc) is 2.33. The minimum Gasteiger partial charge on any atom is -0.385 e. The van der Waals surface area contributed by atoms with Crippen molar-refractivity contribution in [2.24, 2.45) is 0 Å². The molecule has 0 radical (unpaired) electrons. The van der Waals surface area contributed by atoms with E-state index in [9.17, 15) is 8.42 Å². The van der Waals surface area contributed by atoms with Gasteiger partial charge >= 0.3 is 0 Å². The predicted octanol–water partition coefficient (Wildman–Crippen LogP) is 1.38. The number of hydrogen-bond acceptors (Lipinski definition) is 5. The third-order valence-electron chi connectivity index (χ3n) is 2.67. The number of hydrogen-bond donors (Lipinski definition) is 1. The molecule has 0 bridgehead atoms. The third-order valence-corrected chi connectivity index (χ3v) is 3.60. The molecular weight excluding hydrogens is 262 g/mol. The van der Waals surface area contributed by atoms with E-state index in [2.05, 4.69) is 17.2 Å². The fourth-order valence-corrected chi connectivity index (χ4v) is 2.26. The summed E-state index contributed by atoms with van der Waals surface area (Å²) in [6.45, 7) is 4.23. The van der Waals surface area contributed by atoms with E-state index in [-0.39, 0.29) is 5.75 Å². The van der Waals surface area contributed by atoms with Gasteiger partial charge in [0.1, 0.15) is 9.84 Å². The van der Waals surface area contributed by atoms with Crippen LogP contribution in [0.25, 0.3) is 0 Å². The van der Waals surface area contributed by atoms with Gasteiger partial charge in [0.15, 0.2) is 0 Å². The Kier molecular flexibility index (Phi) is 6.24. The zero-order valence-electron chi connectivity index (χ0n) is 11.9. The van der Waals surface area contributed by atoms with Gasteiger partial charge in [0.2, 0.25) is 0 Å². The normalized spacial score (nSPS) is 11.8. The highest BCUT2D eigenvalue weighted by Crippen LogP contribution is 2.09. The lowest BCUT2D eigenvalue weighted by Crippen LogP contribution is -2.25. The summed E-state index contributed by atoms with van der Waals surface area (Å²) in [5.41, 5.74) is 2.00. The van der Waals surface area contributed by atoms with Crippen molar-refractivity contribution in [3.63, 3.8) is 0 Å². The molecule has 108 valence electrons. The summed E-state index contributed by atoms with van der Waals surface area (Å²) in [6.07, 6.45) is 4.11. The molecule has 1 aromatic rings. The van der Waals surface area contributed by atoms with Crippen LogP contribution in [-0.4, -0.2) is 50.4 Å². The Morgan fingerprint density at radius 1 is 1.42 bits per heavy atom. The maximum atomic E-state index is 11.1. The molecular formula is C13H23N3O2S. The number of sulfone groups is 1. The smallest absolute Gasteiger partial charge is 0.148 e. The first-order valence-corrected chi connectivity index (χ1v) is 8.52. The van der Waals surface area contributed by atoms with Crippen LogP contribution in [0.2, 0.25) is 0 Å². The van der Waals surface area contributed by atoms with Gasteiger partial charge in [-0.2, -0.15) is 0 Å². The highest BCUT2D eigenvalue weighted by molar-refractivity contribution is 7.90. The summed E-state index contributed by atoms with van der Waals surface area (Å²) in [7, 11) is -1.00. The topological polar surface area (TPSA) is 62.3 Å². The van der Waals surface area contributed by atoms with Gasteiger partial charge in [-0.25, -0.2) is 8.42 Å². The Labute approximate surface area is 116 Å². The summed E-state index contributed by atoms with van der Waals surface area (Å²) >= 11 is 0. The number of aromatic nitrogens is 1. The van der Waals surface area contributed by atoms with E-state index in [4.69, 9.17) is 0 Å². The van der Waals surface area contributed by atoms with E-state index in [1.165, 1.54) is 6.26 Å². The van der Waals surface area contributed by atoms with Gasteiger partial charge in [-0.15, -0.1) is 0 Å². The summed E-state index contributed by atoms with van der Waals surface area (Å²) in [4.78, 5) is 6.27. The molecule has 6 heteroatoms. The second-order valence-corrected chi connectivity index (χ2v) is 7.09. The highest BCUT2D eigenvalue weighted by Gasteiger charge is 2.07. The lowest BCUT2D eigenvalue weighted by atomic mass is 10.3. The van der Waals surface area contributed by atoms with Crippen molar-refractivity contribution in [2.75, 3.05) is 37.5 Å². The monoisotopic (exact) mass is 285 g/mol. The van der Waals surface area contributed by atoms with Crippen molar-refractivity contribution >= 4 is 15.5 Å². The molecule has 0 unspecified atom stereocenters. The van der Waals surface area contributed by atoms with Gasteiger partial charge in [0.05, 0.1) is 11.4 Å². The second-order valence-electron chi connectivity index (χ2n) is 4.83. The van der Waals surface area contributed by atoms with Crippen LogP contribution in [-0.2, 0) is 16.4 Å². The molecule has 0 spiro atoms. The molecule has 0 aliphatic heterocycles. The molecule has 0 saturated carbocycles. The van der Waals surface area contributed by atoms with Gasteiger partial charge in [-0.3, -0.25) is 9.88 Å². The quantitative estimate of drug-likeness (QED) is 0.782. The highest BCUT2D eigenvalue weighted by atomic mass is 32.2. The number of nitrogens with one attached hydrogen (secondary N) is 1. The van der Waals surface area contributed by atoms with Crippen LogP contribution >= 0.6 is 0 Å². The van der Waals surface area contributed by atoms with Crippen LogP contribution in [0.3, 0.4) is 0 Å². The van der Waals surface area contributed by atoms with Crippen LogP contribution < -0.4 is 5.32 Å². The molecule has 0 fully saturated rings. The van der Waals surface area contributed by atoms with Crippen LogP contribution in [0.4, 0.5) is 5.69 Å². The Morgan fingerprint density at radius 3 is 2.79 bits per heavy atom. The average molecular weight is 285 g/mol. The Balaban J connectivity index is 2.51. The zero-order chi connectivity index (χ0) is 14.3. The molecule has 0 saturated heterocycles. The van der Waals surface area contributed by atoms with E-state index in [0.29, 0.717) is 13.1 Å². The van der Waals surface area contributed by atoms with E-state index >= 15 is 0 Å². The minimum absolute atomic E-state index is 0.178. The van der Waals surface area contributed by atoms with Crippen molar-refractivity contribution in [1.29, 1.82) is 0 Å². The minimum atomic E-state index is -2.91. The molecule has 1 N–H and O–H groups in total. The molecule has 0 aromatic carbocycles. The van der Waals surface area contributed by atoms with Gasteiger partial charge in [-0.1, -0.05) is 6.92 Å². The van der Waals surface area contributed by atoms with E-state index in [0.717, 1.165) is 24.3 Å². The van der Waals surface area contributed by atoms with Crippen LogP contribution in [0.1, 0.15) is 19.0 Å². The van der Waals surface area contributed by atoms with Crippen molar-refractivity contribution < 1.29 is 8.42 Å². The molecule has 5 nitrogen and oxygen atoms in total. The van der Waals surface area contributed by atoms with Crippen molar-refractivity contribution in [2.45, 2.75) is 19.9 Å². The maximum Gasteiger partial charge on any atom is 0.148 e. The Bertz CT molecular complexity index is 488. The molecule has 0 atom stereocenters. The number of pyridine rings is 1. The molecule has 0 amide bonds. The number of rotatable bonds is 8. The fraction of sp³-hybridized carbons (Fsp3) is 0.615. The maximum absolute atomic E-state index is 11.1. The lowest BCUT2D eigenvalue weighted by molar-refractivity contribution is 0.342. The zero-order valence-corrected chi connectivity index (χ0v) is 12.7. The second kappa shape index (κ2) is 7.45.